The molecule has 2 aromatic carbocycles. The van der Waals surface area contributed by atoms with Crippen molar-refractivity contribution < 1.29 is 23.7 Å². The van der Waals surface area contributed by atoms with Crippen molar-refractivity contribution in [3.05, 3.63) is 40.8 Å². The topological polar surface area (TPSA) is 71.4 Å². The van der Waals surface area contributed by atoms with E-state index < -0.39 is 0 Å². The highest BCUT2D eigenvalue weighted by molar-refractivity contribution is 7.15. The fourth-order valence-electron chi connectivity index (χ4n) is 3.10. The minimum Gasteiger partial charge on any atom is -0.497 e. The fraction of sp³-hybridized carbons (Fsp3) is 0.238. The molecule has 0 spiro atoms. The summed E-state index contributed by atoms with van der Waals surface area (Å²) in [5, 5.41) is 0.649. The van der Waals surface area contributed by atoms with Crippen molar-refractivity contribution in [2.45, 2.75) is 6.61 Å². The van der Waals surface area contributed by atoms with Gasteiger partial charge in [-0.05, 0) is 24.3 Å². The van der Waals surface area contributed by atoms with E-state index in [2.05, 4.69) is 4.99 Å². The second-order valence-electron chi connectivity index (χ2n) is 6.14. The highest BCUT2D eigenvalue weighted by Gasteiger charge is 2.22. The molecule has 0 bridgehead atoms. The molecular formula is C21H20N2O5S. The maximum absolute atomic E-state index is 5.85. The number of nitrogens with zero attached hydrogens (tertiary/aromatic N) is 2. The Morgan fingerprint density at radius 2 is 1.76 bits per heavy atom. The summed E-state index contributed by atoms with van der Waals surface area (Å²) in [6, 6.07) is 9.40. The predicted molar refractivity (Wildman–Crippen MR) is 112 cm³/mol. The van der Waals surface area contributed by atoms with Gasteiger partial charge in [0.25, 0.3) is 0 Å². The molecule has 0 saturated carbocycles. The number of aliphatic imine (C=N–C) groups is 1. The molecule has 0 fully saturated rings. The molecule has 0 unspecified atom stereocenters. The maximum Gasteiger partial charge on any atom is 0.210 e. The Bertz CT molecular complexity index is 1050. The van der Waals surface area contributed by atoms with E-state index in [1.807, 2.05) is 30.3 Å². The van der Waals surface area contributed by atoms with Gasteiger partial charge in [0.15, 0.2) is 11.5 Å². The standard InChI is InChI=1S/C21H20N2O5S/c1-24-13-5-6-14-15(9-13)28-11-18-19(14)23-21(29-18)22-10-12-7-16(25-2)20(27-4)17(8-12)26-3/h5-10H,11H2,1-4H3. The lowest BCUT2D eigenvalue weighted by atomic mass is 10.1. The Hall–Kier alpha value is -3.26. The lowest BCUT2D eigenvalue weighted by molar-refractivity contribution is 0.303. The first-order valence-electron chi connectivity index (χ1n) is 8.81. The predicted octanol–water partition coefficient (Wildman–Crippen LogP) is 4.49. The second kappa shape index (κ2) is 8.00. The van der Waals surface area contributed by atoms with Crippen LogP contribution in [-0.4, -0.2) is 39.6 Å². The van der Waals surface area contributed by atoms with Crippen molar-refractivity contribution in [2.75, 3.05) is 28.4 Å². The molecule has 0 atom stereocenters. The van der Waals surface area contributed by atoms with Crippen molar-refractivity contribution in [3.63, 3.8) is 0 Å². The van der Waals surface area contributed by atoms with Crippen LogP contribution < -0.4 is 23.7 Å². The molecule has 0 radical (unpaired) electrons. The van der Waals surface area contributed by atoms with Crippen molar-refractivity contribution in [3.8, 4) is 40.0 Å². The summed E-state index contributed by atoms with van der Waals surface area (Å²) < 4.78 is 27.2. The van der Waals surface area contributed by atoms with Gasteiger partial charge in [-0.25, -0.2) is 9.98 Å². The molecular weight excluding hydrogens is 392 g/mol. The van der Waals surface area contributed by atoms with Gasteiger partial charge in [-0.1, -0.05) is 11.3 Å². The normalized spacial score (nSPS) is 12.1. The Kier molecular flexibility index (Phi) is 5.26. The molecule has 29 heavy (non-hydrogen) atoms. The van der Waals surface area contributed by atoms with Gasteiger partial charge < -0.3 is 23.7 Å². The quantitative estimate of drug-likeness (QED) is 0.556. The smallest absolute Gasteiger partial charge is 0.210 e. The lowest BCUT2D eigenvalue weighted by Crippen LogP contribution is -2.03. The van der Waals surface area contributed by atoms with E-state index in [0.29, 0.717) is 29.0 Å². The highest BCUT2D eigenvalue weighted by atomic mass is 32.1. The van der Waals surface area contributed by atoms with Gasteiger partial charge in [0, 0.05) is 23.4 Å². The van der Waals surface area contributed by atoms with Crippen LogP contribution >= 0.6 is 11.3 Å². The molecule has 0 N–H and O–H groups in total. The highest BCUT2D eigenvalue weighted by Crippen LogP contribution is 2.43. The largest absolute Gasteiger partial charge is 0.497 e. The zero-order chi connectivity index (χ0) is 20.4. The van der Waals surface area contributed by atoms with Crippen LogP contribution in [0.2, 0.25) is 0 Å². The van der Waals surface area contributed by atoms with Crippen LogP contribution in [0.15, 0.2) is 35.3 Å². The number of aromatic nitrogens is 1. The molecule has 3 aromatic rings. The monoisotopic (exact) mass is 412 g/mol. The summed E-state index contributed by atoms with van der Waals surface area (Å²) in [6.07, 6.45) is 1.73. The first kappa shape index (κ1) is 19.1. The van der Waals surface area contributed by atoms with Crippen molar-refractivity contribution >= 4 is 22.7 Å². The lowest BCUT2D eigenvalue weighted by Gasteiger charge is -2.16. The Morgan fingerprint density at radius 3 is 2.41 bits per heavy atom. The van der Waals surface area contributed by atoms with Crippen LogP contribution in [0.5, 0.6) is 28.7 Å². The molecule has 1 aliphatic heterocycles. The summed E-state index contributed by atoms with van der Waals surface area (Å²) in [5.41, 5.74) is 2.66. The Morgan fingerprint density at radius 1 is 1.00 bits per heavy atom. The number of benzene rings is 2. The van der Waals surface area contributed by atoms with E-state index in [1.54, 1.807) is 34.7 Å². The third kappa shape index (κ3) is 3.58. The van der Waals surface area contributed by atoms with E-state index >= 15 is 0 Å². The van der Waals surface area contributed by atoms with Crippen molar-refractivity contribution in [2.24, 2.45) is 4.99 Å². The molecule has 1 aromatic heterocycles. The molecule has 1 aliphatic rings. The van der Waals surface area contributed by atoms with Gasteiger partial charge in [0.1, 0.15) is 18.1 Å². The number of methoxy groups -OCH3 is 4. The molecule has 8 heteroatoms. The van der Waals surface area contributed by atoms with Crippen molar-refractivity contribution in [1.29, 1.82) is 0 Å². The molecule has 0 saturated heterocycles. The summed E-state index contributed by atoms with van der Waals surface area (Å²) in [5.74, 6) is 3.21. The van der Waals surface area contributed by atoms with Crippen LogP contribution in [0.3, 0.4) is 0 Å². The number of hydrogen-bond donors (Lipinski definition) is 0. The van der Waals surface area contributed by atoms with E-state index in [9.17, 15) is 0 Å². The van der Waals surface area contributed by atoms with E-state index in [4.69, 9.17) is 28.7 Å². The van der Waals surface area contributed by atoms with Gasteiger partial charge >= 0.3 is 0 Å². The summed E-state index contributed by atoms with van der Waals surface area (Å²) in [6.45, 7) is 0.465. The number of hydrogen-bond acceptors (Lipinski definition) is 8. The molecule has 4 rings (SSSR count). The first-order valence-corrected chi connectivity index (χ1v) is 9.63. The van der Waals surface area contributed by atoms with E-state index in [1.165, 1.54) is 11.3 Å². The second-order valence-corrected chi connectivity index (χ2v) is 7.20. The minimum absolute atomic E-state index is 0.465. The first-order chi connectivity index (χ1) is 14.2. The van der Waals surface area contributed by atoms with Crippen molar-refractivity contribution in [1.82, 2.24) is 4.98 Å². The van der Waals surface area contributed by atoms with Gasteiger partial charge in [-0.2, -0.15) is 0 Å². The molecule has 0 amide bonds. The average Bonchev–Trinajstić information content (AvgIpc) is 3.19. The number of rotatable bonds is 6. The van der Waals surface area contributed by atoms with Crippen LogP contribution in [0.1, 0.15) is 10.4 Å². The van der Waals surface area contributed by atoms with Crippen LogP contribution in [0, 0.1) is 0 Å². The third-order valence-electron chi connectivity index (χ3n) is 4.50. The molecule has 0 aliphatic carbocycles. The van der Waals surface area contributed by atoms with Crippen LogP contribution in [0.4, 0.5) is 5.13 Å². The fourth-order valence-corrected chi connectivity index (χ4v) is 3.93. The zero-order valence-corrected chi connectivity index (χ0v) is 17.3. The van der Waals surface area contributed by atoms with Gasteiger partial charge in [0.2, 0.25) is 10.9 Å². The van der Waals surface area contributed by atoms with E-state index in [0.717, 1.165) is 33.2 Å². The Labute approximate surface area is 172 Å². The Balaban J connectivity index is 1.65. The number of thiazole rings is 1. The molecule has 2 heterocycles. The summed E-state index contributed by atoms with van der Waals surface area (Å²) in [4.78, 5) is 10.3. The van der Waals surface area contributed by atoms with Gasteiger partial charge in [-0.15, -0.1) is 0 Å². The number of ether oxygens (including phenoxy) is 5. The van der Waals surface area contributed by atoms with Gasteiger partial charge in [0.05, 0.1) is 39.0 Å². The minimum atomic E-state index is 0.465. The SMILES string of the molecule is COc1ccc2c(c1)OCc1sc(N=Cc3cc(OC)c(OC)c(OC)c3)nc1-2. The maximum atomic E-state index is 5.85. The van der Waals surface area contributed by atoms with Gasteiger partial charge in [-0.3, -0.25) is 0 Å². The zero-order valence-electron chi connectivity index (χ0n) is 16.5. The van der Waals surface area contributed by atoms with E-state index in [-0.39, 0.29) is 0 Å². The average molecular weight is 412 g/mol. The summed E-state index contributed by atoms with van der Waals surface area (Å²) >= 11 is 1.50. The van der Waals surface area contributed by atoms with Crippen LogP contribution in [0.25, 0.3) is 11.3 Å². The van der Waals surface area contributed by atoms with Crippen LogP contribution in [-0.2, 0) is 6.61 Å². The molecule has 150 valence electrons. The molecule has 7 nitrogen and oxygen atoms in total. The third-order valence-corrected chi connectivity index (χ3v) is 5.44. The number of fused-ring (bicyclic) bond motifs is 3. The summed E-state index contributed by atoms with van der Waals surface area (Å²) in [7, 11) is 6.37.